The van der Waals surface area contributed by atoms with Crippen LogP contribution in [0.2, 0.25) is 0 Å². The minimum absolute atomic E-state index is 0.0971. The maximum atomic E-state index is 12.9. The van der Waals surface area contributed by atoms with E-state index in [1.807, 2.05) is 0 Å². The van der Waals surface area contributed by atoms with Crippen LogP contribution in [-0.4, -0.2) is 91.4 Å². The number of nitrogens with zero attached hydrogens (tertiary/aromatic N) is 2. The van der Waals surface area contributed by atoms with Crippen LogP contribution in [0.5, 0.6) is 0 Å². The summed E-state index contributed by atoms with van der Waals surface area (Å²) in [6, 6.07) is 4.74. The standard InChI is InChI=1S/C24H34N6O5/c25-16-6-10-29(11-7-16)12-8-26-9-13-35-15-22(32)27-19-3-1-2-17-18(19)14-30(24(17)34)20-4-5-21(31)28-23(20)33/h1-3,16,20,26H,4-15,25H2,(H,27,32)(H,28,31,33). The third kappa shape index (κ3) is 6.43. The number of piperidine rings is 2. The van der Waals surface area contributed by atoms with E-state index in [0.717, 1.165) is 39.0 Å². The highest BCUT2D eigenvalue weighted by molar-refractivity contribution is 6.06. The van der Waals surface area contributed by atoms with E-state index in [-0.39, 0.29) is 37.3 Å². The lowest BCUT2D eigenvalue weighted by molar-refractivity contribution is -0.137. The quantitative estimate of drug-likeness (QED) is 0.254. The number of likely N-dealkylation sites (tertiary alicyclic amines) is 1. The molecule has 0 spiro atoms. The van der Waals surface area contributed by atoms with Gasteiger partial charge in [0.05, 0.1) is 6.61 Å². The minimum Gasteiger partial charge on any atom is -0.370 e. The summed E-state index contributed by atoms with van der Waals surface area (Å²) in [5.41, 5.74) is 7.57. The topological polar surface area (TPSA) is 146 Å². The average molecular weight is 487 g/mol. The second kappa shape index (κ2) is 11.7. The summed E-state index contributed by atoms with van der Waals surface area (Å²) in [6.07, 6.45) is 2.58. The zero-order valence-corrected chi connectivity index (χ0v) is 19.9. The number of benzene rings is 1. The molecule has 4 rings (SSSR count). The predicted octanol–water partition coefficient (Wildman–Crippen LogP) is -0.585. The fourth-order valence-electron chi connectivity index (χ4n) is 4.74. The van der Waals surface area contributed by atoms with E-state index >= 15 is 0 Å². The number of hydrogen-bond donors (Lipinski definition) is 4. The number of anilines is 1. The van der Waals surface area contributed by atoms with Gasteiger partial charge in [0.25, 0.3) is 5.91 Å². The highest BCUT2D eigenvalue weighted by Gasteiger charge is 2.39. The molecule has 1 unspecified atom stereocenters. The van der Waals surface area contributed by atoms with Crippen LogP contribution in [0.4, 0.5) is 5.69 Å². The van der Waals surface area contributed by atoms with Gasteiger partial charge in [-0.1, -0.05) is 6.07 Å². The number of amides is 4. The summed E-state index contributed by atoms with van der Waals surface area (Å²) >= 11 is 0. The molecular weight excluding hydrogens is 452 g/mol. The first-order valence-corrected chi connectivity index (χ1v) is 12.2. The first-order chi connectivity index (χ1) is 16.9. The van der Waals surface area contributed by atoms with Gasteiger partial charge >= 0.3 is 0 Å². The lowest BCUT2D eigenvalue weighted by Gasteiger charge is -2.29. The average Bonchev–Trinajstić information content (AvgIpc) is 3.17. The number of carbonyl (C=O) groups is 4. The van der Waals surface area contributed by atoms with Gasteiger partial charge in [0.15, 0.2) is 0 Å². The fourth-order valence-corrected chi connectivity index (χ4v) is 4.74. The molecule has 11 nitrogen and oxygen atoms in total. The maximum absolute atomic E-state index is 12.9. The zero-order chi connectivity index (χ0) is 24.8. The van der Waals surface area contributed by atoms with Gasteiger partial charge in [0.2, 0.25) is 17.7 Å². The number of carbonyl (C=O) groups excluding carboxylic acids is 4. The number of nitrogens with two attached hydrogens (primary N) is 1. The molecule has 4 amide bonds. The first kappa shape index (κ1) is 25.2. The predicted molar refractivity (Wildman–Crippen MR) is 128 cm³/mol. The van der Waals surface area contributed by atoms with Gasteiger partial charge in [-0.05, 0) is 44.5 Å². The normalized spacial score (nSPS) is 21.2. The monoisotopic (exact) mass is 486 g/mol. The van der Waals surface area contributed by atoms with Crippen molar-refractivity contribution in [2.75, 3.05) is 51.3 Å². The molecular formula is C24H34N6O5. The maximum Gasteiger partial charge on any atom is 0.255 e. The van der Waals surface area contributed by atoms with E-state index in [2.05, 4.69) is 20.9 Å². The molecule has 1 aromatic rings. The smallest absolute Gasteiger partial charge is 0.255 e. The Hall–Kier alpha value is -2.86. The Morgan fingerprint density at radius 2 is 1.94 bits per heavy atom. The lowest BCUT2D eigenvalue weighted by Crippen LogP contribution is -2.52. The van der Waals surface area contributed by atoms with Crippen LogP contribution >= 0.6 is 0 Å². The van der Waals surface area contributed by atoms with Crippen LogP contribution in [0.15, 0.2) is 18.2 Å². The van der Waals surface area contributed by atoms with Crippen molar-refractivity contribution in [1.29, 1.82) is 0 Å². The number of ether oxygens (including phenoxy) is 1. The summed E-state index contributed by atoms with van der Waals surface area (Å²) in [5, 5.41) is 8.43. The highest BCUT2D eigenvalue weighted by Crippen LogP contribution is 2.32. The van der Waals surface area contributed by atoms with Crippen molar-refractivity contribution in [3.63, 3.8) is 0 Å². The molecule has 3 aliphatic heterocycles. The van der Waals surface area contributed by atoms with E-state index in [9.17, 15) is 19.2 Å². The summed E-state index contributed by atoms with van der Waals surface area (Å²) < 4.78 is 5.49. The van der Waals surface area contributed by atoms with Gasteiger partial charge in [0.1, 0.15) is 12.6 Å². The Morgan fingerprint density at radius 1 is 1.14 bits per heavy atom. The fraction of sp³-hybridized carbons (Fsp3) is 0.583. The Morgan fingerprint density at radius 3 is 2.71 bits per heavy atom. The van der Waals surface area contributed by atoms with Crippen LogP contribution in [0.3, 0.4) is 0 Å². The van der Waals surface area contributed by atoms with E-state index in [0.29, 0.717) is 42.4 Å². The van der Waals surface area contributed by atoms with E-state index in [1.165, 1.54) is 4.90 Å². The molecule has 3 heterocycles. The van der Waals surface area contributed by atoms with Gasteiger partial charge in [0, 0.05) is 55.5 Å². The number of hydrogen-bond acceptors (Lipinski definition) is 8. The molecule has 0 aromatic heterocycles. The second-order valence-electron chi connectivity index (χ2n) is 9.26. The molecule has 2 saturated heterocycles. The van der Waals surface area contributed by atoms with Gasteiger partial charge in [-0.2, -0.15) is 0 Å². The first-order valence-electron chi connectivity index (χ1n) is 12.2. The molecule has 11 heteroatoms. The van der Waals surface area contributed by atoms with Crippen LogP contribution in [0, 0.1) is 0 Å². The van der Waals surface area contributed by atoms with E-state index in [1.54, 1.807) is 18.2 Å². The van der Waals surface area contributed by atoms with Crippen LogP contribution in [-0.2, 0) is 25.7 Å². The molecule has 190 valence electrons. The summed E-state index contributed by atoms with van der Waals surface area (Å²) in [6.45, 7) is 5.08. The van der Waals surface area contributed by atoms with Crippen molar-refractivity contribution in [2.45, 2.75) is 44.3 Å². The molecule has 3 aliphatic rings. The molecule has 0 aliphatic carbocycles. The van der Waals surface area contributed by atoms with Gasteiger partial charge in [-0.3, -0.25) is 24.5 Å². The summed E-state index contributed by atoms with van der Waals surface area (Å²) in [4.78, 5) is 52.8. The Kier molecular flexibility index (Phi) is 8.45. The van der Waals surface area contributed by atoms with Gasteiger partial charge in [-0.25, -0.2) is 0 Å². The number of nitrogens with one attached hydrogen (secondary N) is 3. The second-order valence-corrected chi connectivity index (χ2v) is 9.26. The van der Waals surface area contributed by atoms with E-state index in [4.69, 9.17) is 10.5 Å². The largest absolute Gasteiger partial charge is 0.370 e. The Balaban J connectivity index is 1.18. The van der Waals surface area contributed by atoms with Crippen molar-refractivity contribution in [3.8, 4) is 0 Å². The number of fused-ring (bicyclic) bond motifs is 1. The number of rotatable bonds is 10. The third-order valence-electron chi connectivity index (χ3n) is 6.75. The minimum atomic E-state index is -0.695. The molecule has 5 N–H and O–H groups in total. The Labute approximate surface area is 204 Å². The molecule has 0 bridgehead atoms. The molecule has 0 radical (unpaired) electrons. The molecule has 0 saturated carbocycles. The van der Waals surface area contributed by atoms with E-state index < -0.39 is 11.9 Å². The van der Waals surface area contributed by atoms with Crippen molar-refractivity contribution < 1.29 is 23.9 Å². The Bertz CT molecular complexity index is 962. The van der Waals surface area contributed by atoms with Crippen molar-refractivity contribution >= 4 is 29.3 Å². The lowest BCUT2D eigenvalue weighted by atomic mass is 10.0. The summed E-state index contributed by atoms with van der Waals surface area (Å²) in [7, 11) is 0. The molecule has 35 heavy (non-hydrogen) atoms. The summed E-state index contributed by atoms with van der Waals surface area (Å²) in [5.74, 6) is -1.38. The van der Waals surface area contributed by atoms with Crippen molar-refractivity contribution in [3.05, 3.63) is 29.3 Å². The van der Waals surface area contributed by atoms with Gasteiger partial charge < -0.3 is 30.9 Å². The SMILES string of the molecule is NC1CCN(CCNCCOCC(=O)Nc2cccc3c2CN(C2CCC(=O)NC2=O)C3=O)CC1. The number of imide groups is 1. The van der Waals surface area contributed by atoms with Crippen molar-refractivity contribution in [2.24, 2.45) is 5.73 Å². The van der Waals surface area contributed by atoms with Crippen LogP contribution < -0.4 is 21.7 Å². The van der Waals surface area contributed by atoms with Crippen LogP contribution in [0.1, 0.15) is 41.6 Å². The van der Waals surface area contributed by atoms with Gasteiger partial charge in [-0.15, -0.1) is 0 Å². The highest BCUT2D eigenvalue weighted by atomic mass is 16.5. The van der Waals surface area contributed by atoms with Crippen LogP contribution in [0.25, 0.3) is 0 Å². The molecule has 1 atom stereocenters. The molecule has 2 fully saturated rings. The zero-order valence-electron chi connectivity index (χ0n) is 19.9. The molecule has 1 aromatic carbocycles. The van der Waals surface area contributed by atoms with Crippen molar-refractivity contribution in [1.82, 2.24) is 20.4 Å². The third-order valence-corrected chi connectivity index (χ3v) is 6.75.